The summed E-state index contributed by atoms with van der Waals surface area (Å²) in [4.78, 5) is 25.1. The second-order valence-corrected chi connectivity index (χ2v) is 21.5. The molecule has 0 aliphatic carbocycles. The standard InChI is InChI=1S/C25H27N2S2Si.C13H24O2.Ir/c1-14(2)30(15(3)4,16(5)6)25-23-21-22(26-13-27-24(21)29-25)19-11-17-9-7-8-10-18(17)12-20(19)28-23;1-5-10(6-2)12(14)9-13(15)11(7-3)8-4;/h7-10,12-16H,1-6H3;9-11,14H,5-8H2,1-4H3;/q-1;;/b;12-9-;. The molecule has 46 heavy (non-hydrogen) atoms. The van der Waals surface area contributed by atoms with Crippen LogP contribution >= 0.6 is 23.1 Å². The molecule has 0 unspecified atom stereocenters. The summed E-state index contributed by atoms with van der Waals surface area (Å²) in [5.74, 6) is 0.547. The van der Waals surface area contributed by atoms with Crippen molar-refractivity contribution in [2.45, 2.75) is 121 Å². The van der Waals surface area contributed by atoms with Crippen molar-refractivity contribution in [3.8, 4) is 11.3 Å². The van der Waals surface area contributed by atoms with Gasteiger partial charge < -0.3 is 5.11 Å². The fraction of sp³-hybridized carbons (Fsp3) is 0.500. The Bertz CT molecular complexity index is 1650. The molecule has 4 nitrogen and oxygen atoms in total. The third-order valence-corrected chi connectivity index (χ3v) is 20.5. The Kier molecular flexibility index (Phi) is 13.9. The van der Waals surface area contributed by atoms with Crippen LogP contribution in [0.25, 0.3) is 32.2 Å². The first-order valence-electron chi connectivity index (χ1n) is 16.8. The summed E-state index contributed by atoms with van der Waals surface area (Å²) in [7, 11) is -1.80. The van der Waals surface area contributed by atoms with Crippen LogP contribution in [-0.4, -0.2) is 28.9 Å². The van der Waals surface area contributed by atoms with Gasteiger partial charge in [0.2, 0.25) is 0 Å². The molecule has 3 heterocycles. The molecule has 5 rings (SSSR count). The summed E-state index contributed by atoms with van der Waals surface area (Å²) in [6.07, 6.45) is 6.65. The van der Waals surface area contributed by atoms with E-state index in [1.54, 1.807) is 10.8 Å². The quantitative estimate of drug-likeness (QED) is 0.0621. The van der Waals surface area contributed by atoms with Gasteiger partial charge in [0.15, 0.2) is 5.78 Å². The van der Waals surface area contributed by atoms with E-state index in [0.717, 1.165) is 47.2 Å². The molecule has 1 aliphatic heterocycles. The van der Waals surface area contributed by atoms with Crippen LogP contribution in [0, 0.1) is 17.9 Å². The third-order valence-electron chi connectivity index (χ3n) is 9.99. The van der Waals surface area contributed by atoms with E-state index in [0.29, 0.717) is 16.6 Å². The molecule has 1 aliphatic rings. The number of hydrogen-bond donors (Lipinski definition) is 1. The minimum absolute atomic E-state index is 0. The number of nitrogens with zero attached hydrogens (tertiary/aromatic N) is 2. The number of carbonyl (C=O) groups is 1. The van der Waals surface area contributed by atoms with Gasteiger partial charge in [-0.1, -0.05) is 98.4 Å². The Morgan fingerprint density at radius 3 is 2.07 bits per heavy atom. The molecular formula is C38H51IrN2O2S2Si-. The summed E-state index contributed by atoms with van der Waals surface area (Å²) in [6.45, 7) is 22.7. The Hall–Kier alpha value is -1.83. The minimum atomic E-state index is -1.80. The summed E-state index contributed by atoms with van der Waals surface area (Å²) in [5.41, 5.74) is 4.21. The van der Waals surface area contributed by atoms with Crippen LogP contribution in [0.1, 0.15) is 94.9 Å². The van der Waals surface area contributed by atoms with Crippen molar-refractivity contribution in [3.05, 3.63) is 54.6 Å². The number of aliphatic hydroxyl groups excluding tert-OH is 1. The molecule has 4 aromatic rings. The number of aliphatic hydroxyl groups is 1. The molecular weight excluding hydrogens is 801 g/mol. The van der Waals surface area contributed by atoms with E-state index in [2.05, 4.69) is 77.9 Å². The van der Waals surface area contributed by atoms with Crippen LogP contribution in [0.15, 0.2) is 58.3 Å². The van der Waals surface area contributed by atoms with E-state index in [1.165, 1.54) is 26.6 Å². The molecule has 0 saturated heterocycles. The summed E-state index contributed by atoms with van der Waals surface area (Å²) in [5, 5.41) is 13.4. The van der Waals surface area contributed by atoms with E-state index in [4.69, 9.17) is 9.97 Å². The SMILES string of the molecule is CC(C)[Si](c1sc2ncnc3c2c1Sc1cc2ccccc2[c-]c1-3)(C(C)C)C(C)C.CCC(CC)C(=O)/C=C(\O)C(CC)CC.[Ir]. The van der Waals surface area contributed by atoms with Crippen molar-refractivity contribution in [1.82, 2.24) is 9.97 Å². The number of rotatable bonds is 11. The van der Waals surface area contributed by atoms with Gasteiger partial charge in [0.25, 0.3) is 0 Å². The summed E-state index contributed by atoms with van der Waals surface area (Å²) < 4.78 is 1.63. The van der Waals surface area contributed by atoms with E-state index < -0.39 is 8.07 Å². The fourth-order valence-electron chi connectivity index (χ4n) is 7.56. The Balaban J connectivity index is 0.000000309. The monoisotopic (exact) mass is 852 g/mol. The van der Waals surface area contributed by atoms with Crippen molar-refractivity contribution in [3.63, 3.8) is 0 Å². The number of fused-ring (bicyclic) bond motifs is 3. The van der Waals surface area contributed by atoms with Crippen LogP contribution in [0.2, 0.25) is 16.6 Å². The molecule has 0 amide bonds. The van der Waals surface area contributed by atoms with Gasteiger partial charge in [-0.05, 0) is 47.2 Å². The largest absolute Gasteiger partial charge is 0.512 e. The van der Waals surface area contributed by atoms with E-state index in [-0.39, 0.29) is 43.5 Å². The molecule has 0 saturated carbocycles. The molecule has 2 aromatic carbocycles. The predicted octanol–water partition coefficient (Wildman–Crippen LogP) is 11.5. The smallest absolute Gasteiger partial charge is 0.162 e. The van der Waals surface area contributed by atoms with Gasteiger partial charge in [0, 0.05) is 58.5 Å². The zero-order valence-corrected chi connectivity index (χ0v) is 34.2. The molecule has 1 N–H and O–H groups in total. The zero-order valence-electron chi connectivity index (χ0n) is 29.2. The zero-order chi connectivity index (χ0) is 33.1. The normalized spacial score (nSPS) is 13.1. The molecule has 0 fully saturated rings. The maximum absolute atomic E-state index is 11.7. The second kappa shape index (κ2) is 16.5. The molecule has 8 heteroatoms. The number of aromatic nitrogens is 2. The second-order valence-electron chi connectivity index (χ2n) is 13.3. The molecule has 0 bridgehead atoms. The van der Waals surface area contributed by atoms with Crippen LogP contribution in [-0.2, 0) is 24.9 Å². The first-order chi connectivity index (χ1) is 21.5. The van der Waals surface area contributed by atoms with Crippen molar-refractivity contribution in [2.75, 3.05) is 0 Å². The maximum atomic E-state index is 11.7. The molecule has 2 aromatic heterocycles. The van der Waals surface area contributed by atoms with Crippen LogP contribution in [0.3, 0.4) is 0 Å². The average Bonchev–Trinajstić information content (AvgIpc) is 3.36. The van der Waals surface area contributed by atoms with Gasteiger partial charge in [0.1, 0.15) is 19.2 Å². The molecule has 0 atom stereocenters. The first-order valence-corrected chi connectivity index (χ1v) is 20.7. The van der Waals surface area contributed by atoms with E-state index >= 15 is 0 Å². The summed E-state index contributed by atoms with van der Waals surface area (Å²) >= 11 is 3.88. The van der Waals surface area contributed by atoms with Crippen molar-refractivity contribution < 1.29 is 30.0 Å². The third kappa shape index (κ3) is 7.27. The number of allylic oxidation sites excluding steroid dienone is 2. The average molecular weight is 852 g/mol. The van der Waals surface area contributed by atoms with Crippen LogP contribution in [0.4, 0.5) is 0 Å². The van der Waals surface area contributed by atoms with Crippen LogP contribution < -0.4 is 4.50 Å². The van der Waals surface area contributed by atoms with Crippen molar-refractivity contribution >= 4 is 62.4 Å². The first kappa shape index (κ1) is 38.6. The molecule has 1 radical (unpaired) electrons. The Morgan fingerprint density at radius 2 is 1.50 bits per heavy atom. The fourth-order valence-corrected chi connectivity index (χ4v) is 19.6. The number of carbonyl (C=O) groups excluding carboxylic acids is 1. The van der Waals surface area contributed by atoms with Gasteiger partial charge in [-0.15, -0.1) is 46.7 Å². The number of benzene rings is 2. The Morgan fingerprint density at radius 1 is 0.913 bits per heavy atom. The predicted molar refractivity (Wildman–Crippen MR) is 198 cm³/mol. The van der Waals surface area contributed by atoms with Crippen molar-refractivity contribution in [1.29, 1.82) is 0 Å². The van der Waals surface area contributed by atoms with Gasteiger partial charge in [-0.2, -0.15) is 0 Å². The molecule has 0 spiro atoms. The minimum Gasteiger partial charge on any atom is -0.512 e. The Labute approximate surface area is 299 Å². The van der Waals surface area contributed by atoms with Gasteiger partial charge >= 0.3 is 0 Å². The van der Waals surface area contributed by atoms with Crippen molar-refractivity contribution in [2.24, 2.45) is 11.8 Å². The number of ketones is 1. The van der Waals surface area contributed by atoms with Gasteiger partial charge in [0.05, 0.1) is 5.76 Å². The van der Waals surface area contributed by atoms with E-state index in [1.807, 2.05) is 50.8 Å². The topological polar surface area (TPSA) is 63.1 Å². The molecule has 251 valence electrons. The number of hydrogen-bond acceptors (Lipinski definition) is 6. The number of thiophene rings is 1. The maximum Gasteiger partial charge on any atom is 0.162 e. The van der Waals surface area contributed by atoms with Crippen LogP contribution in [0.5, 0.6) is 0 Å². The van der Waals surface area contributed by atoms with Gasteiger partial charge in [-0.25, -0.2) is 4.98 Å². The summed E-state index contributed by atoms with van der Waals surface area (Å²) in [6, 6.07) is 14.5. The van der Waals surface area contributed by atoms with E-state index in [9.17, 15) is 9.90 Å². The van der Waals surface area contributed by atoms with Gasteiger partial charge in [-0.3, -0.25) is 9.78 Å².